The Morgan fingerprint density at radius 3 is 2.28 bits per heavy atom. The first-order chi connectivity index (χ1) is 22.9. The number of hydrogen-bond donors (Lipinski definition) is 0. The van der Waals surface area contributed by atoms with Gasteiger partial charge in [-0.05, 0) is 130 Å². The predicted octanol–water partition coefficient (Wildman–Crippen LogP) is 11.9. The van der Waals surface area contributed by atoms with E-state index in [1.807, 2.05) is 45.2 Å². The number of ether oxygens (including phenoxy) is 1. The number of carbonyl (C=O) groups is 1. The van der Waals surface area contributed by atoms with E-state index in [0.717, 1.165) is 35.1 Å². The van der Waals surface area contributed by atoms with E-state index in [0.29, 0.717) is 23.7 Å². The summed E-state index contributed by atoms with van der Waals surface area (Å²) >= 11 is 0. The van der Waals surface area contributed by atoms with E-state index in [1.165, 1.54) is 106 Å². The lowest BCUT2D eigenvalue weighted by molar-refractivity contribution is 0.0942. The summed E-state index contributed by atoms with van der Waals surface area (Å²) in [5.41, 5.74) is 8.15. The molecule has 4 aliphatic rings. The Bertz CT molecular complexity index is 1450. The number of allylic oxidation sites excluding steroid dienone is 1. The Hall–Kier alpha value is -3.20. The van der Waals surface area contributed by atoms with Gasteiger partial charge in [0.2, 0.25) is 0 Å². The molecule has 3 saturated carbocycles. The van der Waals surface area contributed by atoms with E-state index in [2.05, 4.69) is 49.0 Å². The maximum atomic E-state index is 12.6. The number of aryl methyl sites for hydroxylation is 1. The van der Waals surface area contributed by atoms with Gasteiger partial charge >= 0.3 is 0 Å². The second-order valence-electron chi connectivity index (χ2n) is 14.7. The minimum absolute atomic E-state index is 0. The van der Waals surface area contributed by atoms with Crippen LogP contribution >= 0.6 is 0 Å². The summed E-state index contributed by atoms with van der Waals surface area (Å²) < 4.78 is 5.34. The lowest BCUT2D eigenvalue weighted by Crippen LogP contribution is -2.33. The monoisotopic (exact) mass is 635 g/mol. The zero-order valence-electron chi connectivity index (χ0n) is 29.7. The smallest absolute Gasteiger partial charge is 0.163 e. The first-order valence-electron chi connectivity index (χ1n) is 18.8. The summed E-state index contributed by atoms with van der Waals surface area (Å²) in [5.74, 6) is 3.95. The number of hydrogen-bond acceptors (Lipinski definition) is 3. The molecule has 1 aromatic heterocycles. The van der Waals surface area contributed by atoms with Crippen molar-refractivity contribution in [3.63, 3.8) is 0 Å². The average molecular weight is 636 g/mol. The number of methoxy groups -OCH3 is 1. The van der Waals surface area contributed by atoms with Crippen molar-refractivity contribution in [2.45, 2.75) is 123 Å². The Morgan fingerprint density at radius 2 is 1.62 bits per heavy atom. The third-order valence-electron chi connectivity index (χ3n) is 11.9. The maximum absolute atomic E-state index is 12.6. The molecule has 2 aromatic carbocycles. The second kappa shape index (κ2) is 16.8. The van der Waals surface area contributed by atoms with Crippen molar-refractivity contribution in [2.75, 3.05) is 7.11 Å². The third kappa shape index (κ3) is 8.64. The molecule has 0 saturated heterocycles. The van der Waals surface area contributed by atoms with Gasteiger partial charge in [0.05, 0.1) is 7.11 Å². The number of Topliss-reactive ketones (excluding diaryl/α,β-unsaturated/α-hetero) is 1. The fraction of sp³-hybridized carbons (Fsp3) is 0.545. The number of nitrogens with zero attached hydrogens (tertiary/aromatic N) is 1. The van der Waals surface area contributed by atoms with E-state index >= 15 is 0 Å². The van der Waals surface area contributed by atoms with Crippen molar-refractivity contribution in [3.05, 3.63) is 107 Å². The van der Waals surface area contributed by atoms with Gasteiger partial charge in [0.25, 0.3) is 0 Å². The number of pyridine rings is 1. The summed E-state index contributed by atoms with van der Waals surface area (Å²) in [5, 5.41) is 0. The standard InChI is InChI=1S/C23H28O2.C19H25N.C2H6.H2/c1-17-8-13-21(16-23(17)25-2)22(24)15-20-11-9-19(10-12-20)14-18-6-4-3-5-7-18;1-14-12-16-8-4-11-20-18(16)17(15-6-2-3-7-15)13-19(14)9-5-10-19;1-2;/h3-8,13,16,19-20H,9-12,14-15H2,1-2H3;4,8,11,15,17H,1-3,5-7,9-10,12-13H2;1-2H3;1H. The predicted molar refractivity (Wildman–Crippen MR) is 198 cm³/mol. The molecule has 3 aromatic rings. The molecular weight excluding hydrogens is 574 g/mol. The van der Waals surface area contributed by atoms with Gasteiger partial charge in [-0.15, -0.1) is 0 Å². The average Bonchev–Trinajstić information content (AvgIpc) is 3.58. The Labute approximate surface area is 287 Å². The summed E-state index contributed by atoms with van der Waals surface area (Å²) in [6, 6.07) is 21.0. The van der Waals surface area contributed by atoms with E-state index in [9.17, 15) is 4.79 Å². The highest BCUT2D eigenvalue weighted by Crippen LogP contribution is 2.57. The number of rotatable bonds is 7. The lowest BCUT2D eigenvalue weighted by atomic mass is 9.59. The number of fused-ring (bicyclic) bond motifs is 1. The largest absolute Gasteiger partial charge is 0.496 e. The number of benzene rings is 2. The zero-order chi connectivity index (χ0) is 33.2. The van der Waals surface area contributed by atoms with Crippen LogP contribution in [0.4, 0.5) is 0 Å². The summed E-state index contributed by atoms with van der Waals surface area (Å²) in [6.07, 6.45) is 20.9. The third-order valence-corrected chi connectivity index (χ3v) is 11.9. The zero-order valence-corrected chi connectivity index (χ0v) is 29.7. The molecule has 7 rings (SSSR count). The van der Waals surface area contributed by atoms with Crippen LogP contribution in [-0.2, 0) is 12.8 Å². The van der Waals surface area contributed by atoms with E-state index in [4.69, 9.17) is 9.72 Å². The summed E-state index contributed by atoms with van der Waals surface area (Å²) in [4.78, 5) is 17.4. The van der Waals surface area contributed by atoms with Gasteiger partial charge in [0, 0.05) is 31.2 Å². The minimum Gasteiger partial charge on any atom is -0.496 e. The van der Waals surface area contributed by atoms with Crippen LogP contribution in [0, 0.1) is 30.1 Å². The highest BCUT2D eigenvalue weighted by Gasteiger charge is 2.46. The van der Waals surface area contributed by atoms with Crippen molar-refractivity contribution in [1.29, 1.82) is 0 Å². The Morgan fingerprint density at radius 1 is 0.915 bits per heavy atom. The highest BCUT2D eigenvalue weighted by atomic mass is 16.5. The quantitative estimate of drug-likeness (QED) is 0.191. The minimum atomic E-state index is 0. The van der Waals surface area contributed by atoms with Crippen molar-refractivity contribution in [3.8, 4) is 5.75 Å². The number of carbonyl (C=O) groups excluding carboxylic acids is 1. The van der Waals surface area contributed by atoms with Crippen molar-refractivity contribution < 1.29 is 11.0 Å². The molecule has 1 unspecified atom stereocenters. The topological polar surface area (TPSA) is 39.2 Å². The molecule has 254 valence electrons. The fourth-order valence-corrected chi connectivity index (χ4v) is 8.89. The van der Waals surface area contributed by atoms with E-state index < -0.39 is 0 Å². The van der Waals surface area contributed by atoms with Crippen LogP contribution < -0.4 is 4.74 Å². The first-order valence-corrected chi connectivity index (χ1v) is 18.8. The van der Waals surface area contributed by atoms with Gasteiger partial charge in [-0.2, -0.15) is 0 Å². The number of ketones is 1. The molecule has 0 N–H and O–H groups in total. The molecule has 0 aliphatic heterocycles. The lowest BCUT2D eigenvalue weighted by Gasteiger charge is -2.45. The van der Waals surface area contributed by atoms with Crippen LogP contribution in [-0.4, -0.2) is 17.9 Å². The summed E-state index contributed by atoms with van der Waals surface area (Å²) in [7, 11) is 1.66. The van der Waals surface area contributed by atoms with Crippen LogP contribution in [0.25, 0.3) is 0 Å². The molecule has 1 atom stereocenters. The summed E-state index contributed by atoms with van der Waals surface area (Å²) in [6.45, 7) is 10.5. The second-order valence-corrected chi connectivity index (χ2v) is 14.7. The molecule has 0 radical (unpaired) electrons. The SMILES string of the molecule is C=C1Cc2cccnc2C(C2CCCC2)CC12CCC2.CC.COc1cc(C(=O)CC2CCC(Cc3ccccc3)CC2)ccc1C.[HH]. The van der Waals surface area contributed by atoms with Gasteiger partial charge < -0.3 is 4.74 Å². The van der Waals surface area contributed by atoms with E-state index in [-0.39, 0.29) is 7.21 Å². The molecule has 1 spiro atoms. The molecule has 0 bridgehead atoms. The van der Waals surface area contributed by atoms with Crippen LogP contribution in [0.3, 0.4) is 0 Å². The molecule has 4 aliphatic carbocycles. The first kappa shape index (κ1) is 35.1. The van der Waals surface area contributed by atoms with Gasteiger partial charge in [-0.3, -0.25) is 9.78 Å². The highest BCUT2D eigenvalue weighted by molar-refractivity contribution is 5.96. The van der Waals surface area contributed by atoms with Crippen molar-refractivity contribution >= 4 is 5.78 Å². The molecular formula is C44H61NO2. The van der Waals surface area contributed by atoms with Crippen molar-refractivity contribution in [2.24, 2.45) is 23.2 Å². The molecule has 1 heterocycles. The Kier molecular flexibility index (Phi) is 12.5. The number of aromatic nitrogens is 1. The molecule has 0 amide bonds. The van der Waals surface area contributed by atoms with Crippen LogP contribution in [0.15, 0.2) is 79.0 Å². The molecule has 3 fully saturated rings. The van der Waals surface area contributed by atoms with Crippen LogP contribution in [0.2, 0.25) is 0 Å². The molecule has 3 nitrogen and oxygen atoms in total. The van der Waals surface area contributed by atoms with Gasteiger partial charge in [-0.25, -0.2) is 0 Å². The Balaban J connectivity index is 0.000000206. The van der Waals surface area contributed by atoms with Crippen molar-refractivity contribution in [1.82, 2.24) is 4.98 Å². The van der Waals surface area contributed by atoms with Crippen LogP contribution in [0.5, 0.6) is 5.75 Å². The van der Waals surface area contributed by atoms with Gasteiger partial charge in [-0.1, -0.05) is 93.8 Å². The molecule has 47 heavy (non-hydrogen) atoms. The fourth-order valence-electron chi connectivity index (χ4n) is 8.89. The van der Waals surface area contributed by atoms with Crippen LogP contribution in [0.1, 0.15) is 137 Å². The maximum Gasteiger partial charge on any atom is 0.163 e. The van der Waals surface area contributed by atoms with Gasteiger partial charge in [0.15, 0.2) is 5.78 Å². The molecule has 3 heteroatoms. The normalized spacial score (nSPS) is 23.2. The van der Waals surface area contributed by atoms with E-state index in [1.54, 1.807) is 7.11 Å². The van der Waals surface area contributed by atoms with Gasteiger partial charge in [0.1, 0.15) is 5.75 Å².